The summed E-state index contributed by atoms with van der Waals surface area (Å²) >= 11 is 0. The lowest BCUT2D eigenvalue weighted by Crippen LogP contribution is -2.43. The molecule has 2 aromatic carbocycles. The van der Waals surface area contributed by atoms with Crippen molar-refractivity contribution in [1.82, 2.24) is 9.80 Å². The fourth-order valence-electron chi connectivity index (χ4n) is 5.73. The minimum atomic E-state index is -2.08. The van der Waals surface area contributed by atoms with Gasteiger partial charge in [-0.3, -0.25) is 9.59 Å². The molecule has 14 nitrogen and oxygen atoms in total. The summed E-state index contributed by atoms with van der Waals surface area (Å²) in [6, 6.07) is 15.6. The second kappa shape index (κ2) is 22.8. The molecule has 2 amide bonds. The number of aliphatic hydroxyl groups is 2. The molecule has 0 radical (unpaired) electrons. The van der Waals surface area contributed by atoms with E-state index in [0.717, 1.165) is 50.7 Å². The van der Waals surface area contributed by atoms with Crippen molar-refractivity contribution in [3.63, 3.8) is 0 Å². The summed E-state index contributed by atoms with van der Waals surface area (Å²) < 4.78 is 0. The maximum atomic E-state index is 12.6. The number of benzene rings is 2. The number of aryl methyl sites for hydroxylation is 2. The van der Waals surface area contributed by atoms with Gasteiger partial charge in [-0.2, -0.15) is 19.2 Å². The van der Waals surface area contributed by atoms with E-state index in [1.807, 2.05) is 48.5 Å². The summed E-state index contributed by atoms with van der Waals surface area (Å²) in [5.41, 5.74) is 0.400. The molecule has 14 heteroatoms. The van der Waals surface area contributed by atoms with E-state index in [9.17, 15) is 29.4 Å². The van der Waals surface area contributed by atoms with E-state index in [0.29, 0.717) is 0 Å². The molecule has 2 aromatic rings. The molecule has 2 aliphatic carbocycles. The van der Waals surface area contributed by atoms with Gasteiger partial charge in [0.25, 0.3) is 0 Å². The molecule has 2 aliphatic rings. The molecule has 0 aromatic heterocycles. The van der Waals surface area contributed by atoms with E-state index in [-0.39, 0.29) is 44.9 Å². The number of hydrogen-bond donors (Lipinski definition) is 4. The molecule has 0 aliphatic heterocycles. The van der Waals surface area contributed by atoms with Crippen molar-refractivity contribution in [3.8, 4) is 23.7 Å². The first-order valence-corrected chi connectivity index (χ1v) is 16.0. The van der Waals surface area contributed by atoms with Crippen LogP contribution < -0.4 is 0 Å². The van der Waals surface area contributed by atoms with Crippen LogP contribution in [-0.2, 0) is 51.2 Å². The number of carboxylic acid groups (broad SMARTS) is 2. The first kappa shape index (κ1) is 47.1. The van der Waals surface area contributed by atoms with Crippen LogP contribution in [0.2, 0.25) is 0 Å². The normalized spacial score (nSPS) is 16.2. The third-order valence-corrected chi connectivity index (χ3v) is 8.36. The average Bonchev–Trinajstić information content (AvgIpc) is 3.71. The van der Waals surface area contributed by atoms with Gasteiger partial charge < -0.3 is 30.2 Å². The predicted molar refractivity (Wildman–Crippen MR) is 188 cm³/mol. The number of amides is 2. The molecule has 0 saturated heterocycles. The van der Waals surface area contributed by atoms with Gasteiger partial charge in [0.1, 0.15) is 0 Å². The highest BCUT2D eigenvalue weighted by Crippen LogP contribution is 2.37. The maximum absolute atomic E-state index is 12.6. The predicted octanol–water partition coefficient (Wildman–Crippen LogP) is 2.97. The zero-order chi connectivity index (χ0) is 39.5. The lowest BCUT2D eigenvalue weighted by atomic mass is 10.00. The number of hydrogen-bond acceptors (Lipinski definition) is 10. The topological polar surface area (TPSA) is 224 Å². The summed E-state index contributed by atoms with van der Waals surface area (Å²) in [6.45, 7) is 6.12. The number of carbonyl (C=O) groups is 4. The fraction of sp³-hybridized carbons (Fsp3) is 0.436. The third-order valence-electron chi connectivity index (χ3n) is 8.36. The Balaban J connectivity index is 0.000000874. The maximum Gasteiger partial charge on any atom is 0.373 e. The largest absolute Gasteiger partial charge is 0.479 e. The van der Waals surface area contributed by atoms with Gasteiger partial charge >= 0.3 is 24.2 Å². The molecular weight excluding hydrogens is 688 g/mol. The summed E-state index contributed by atoms with van der Waals surface area (Å²) in [6.07, 6.45) is 2.88. The Morgan fingerprint density at radius 1 is 0.660 bits per heavy atom. The van der Waals surface area contributed by atoms with Crippen LogP contribution in [0.4, 0.5) is 0 Å². The van der Waals surface area contributed by atoms with Gasteiger partial charge in [-0.25, -0.2) is 9.59 Å². The second-order valence-corrected chi connectivity index (χ2v) is 12.1. The number of carboxylic acids is 2. The molecule has 53 heavy (non-hydrogen) atoms. The van der Waals surface area contributed by atoms with E-state index in [4.69, 9.17) is 29.4 Å². The highest BCUT2D eigenvalue weighted by atomic mass is 16.4. The summed E-state index contributed by atoms with van der Waals surface area (Å²) in [4.78, 5) is 83.0. The van der Waals surface area contributed by atoms with Crippen molar-refractivity contribution in [2.45, 2.75) is 96.9 Å². The number of fused-ring (bicyclic) bond motifs is 2. The SMILES string of the molecule is C.CC#CCN(C(=O)CC(C)(O)C(=O)O)C1CCc2ccccc21.CC#CCN(C(=O)CC(C)(O)C(=O)O)C1CCc2ccccc21.O=C=O.O=C=O. The van der Waals surface area contributed by atoms with Crippen LogP contribution in [0.25, 0.3) is 0 Å². The molecule has 284 valence electrons. The lowest BCUT2D eigenvalue weighted by Gasteiger charge is -2.30. The first-order valence-electron chi connectivity index (χ1n) is 16.0. The van der Waals surface area contributed by atoms with Crippen molar-refractivity contribution in [1.29, 1.82) is 0 Å². The Bertz CT molecular complexity index is 1640. The zero-order valence-corrected chi connectivity index (χ0v) is 29.4. The van der Waals surface area contributed by atoms with Gasteiger partial charge in [0.2, 0.25) is 11.8 Å². The molecule has 0 saturated carbocycles. The molecule has 0 bridgehead atoms. The molecule has 0 spiro atoms. The summed E-state index contributed by atoms with van der Waals surface area (Å²) in [7, 11) is 0. The number of rotatable bonds is 10. The Kier molecular flexibility index (Phi) is 20.3. The Morgan fingerprint density at radius 2 is 0.962 bits per heavy atom. The highest BCUT2D eigenvalue weighted by molar-refractivity contribution is 5.87. The van der Waals surface area contributed by atoms with Crippen molar-refractivity contribution in [2.75, 3.05) is 13.1 Å². The van der Waals surface area contributed by atoms with E-state index in [1.165, 1.54) is 11.1 Å². The van der Waals surface area contributed by atoms with Crippen molar-refractivity contribution in [2.24, 2.45) is 0 Å². The number of aliphatic carboxylic acids is 2. The van der Waals surface area contributed by atoms with Gasteiger partial charge in [-0.15, -0.1) is 11.8 Å². The van der Waals surface area contributed by atoms with Crippen LogP contribution in [0.3, 0.4) is 0 Å². The lowest BCUT2D eigenvalue weighted by molar-refractivity contribution is -0.193. The third kappa shape index (κ3) is 14.0. The fourth-order valence-corrected chi connectivity index (χ4v) is 5.73. The van der Waals surface area contributed by atoms with Crippen LogP contribution in [0.1, 0.15) is 95.1 Å². The molecule has 4 rings (SSSR count). The van der Waals surface area contributed by atoms with Crippen molar-refractivity contribution in [3.05, 3.63) is 70.8 Å². The molecule has 4 atom stereocenters. The van der Waals surface area contributed by atoms with Gasteiger partial charge in [-0.1, -0.05) is 67.8 Å². The second-order valence-electron chi connectivity index (χ2n) is 12.1. The van der Waals surface area contributed by atoms with E-state index in [1.54, 1.807) is 23.6 Å². The standard InChI is InChI=1S/2C18H21NO4.2CO2.CH4/c2*1-3-4-11-19(16(20)12-18(2,23)17(21)22)15-10-9-13-7-5-6-8-14(13)15;2*2-1-3;/h2*5-8,15,23H,9-12H2,1-2H3,(H,21,22);;;1H4. The Labute approximate surface area is 308 Å². The molecule has 4 N–H and O–H groups in total. The van der Waals surface area contributed by atoms with Gasteiger partial charge in [0.15, 0.2) is 11.2 Å². The van der Waals surface area contributed by atoms with Crippen molar-refractivity contribution < 1.29 is 58.8 Å². The Hall–Kier alpha value is -5.88. The van der Waals surface area contributed by atoms with Gasteiger partial charge in [-0.05, 0) is 75.6 Å². The number of carbonyl (C=O) groups excluding carboxylic acids is 6. The molecule has 0 heterocycles. The van der Waals surface area contributed by atoms with E-state index >= 15 is 0 Å². The summed E-state index contributed by atoms with van der Waals surface area (Å²) in [5, 5.41) is 37.8. The first-order chi connectivity index (χ1) is 24.6. The van der Waals surface area contributed by atoms with Crippen molar-refractivity contribution >= 4 is 36.1 Å². The van der Waals surface area contributed by atoms with Crippen LogP contribution in [0.15, 0.2) is 48.5 Å². The van der Waals surface area contributed by atoms with Crippen LogP contribution in [0, 0.1) is 23.7 Å². The molecular formula is C39H46N2O12. The minimum Gasteiger partial charge on any atom is -0.479 e. The van der Waals surface area contributed by atoms with Gasteiger partial charge in [0.05, 0.1) is 38.0 Å². The van der Waals surface area contributed by atoms with E-state index < -0.39 is 47.8 Å². The molecule has 4 unspecified atom stereocenters. The summed E-state index contributed by atoms with van der Waals surface area (Å²) in [5.74, 6) is 7.67. The van der Waals surface area contributed by atoms with E-state index in [2.05, 4.69) is 23.7 Å². The quantitative estimate of drug-likeness (QED) is 0.259. The van der Waals surface area contributed by atoms with Gasteiger partial charge in [0, 0.05) is 0 Å². The average molecular weight is 735 g/mol. The monoisotopic (exact) mass is 734 g/mol. The highest BCUT2D eigenvalue weighted by Gasteiger charge is 2.39. The zero-order valence-electron chi connectivity index (χ0n) is 29.4. The van der Waals surface area contributed by atoms with Crippen LogP contribution in [-0.4, -0.2) is 90.6 Å². The Morgan fingerprint density at radius 3 is 1.25 bits per heavy atom. The molecule has 0 fully saturated rings. The number of nitrogens with zero attached hydrogens (tertiary/aromatic N) is 2. The smallest absolute Gasteiger partial charge is 0.373 e. The van der Waals surface area contributed by atoms with Crippen LogP contribution in [0.5, 0.6) is 0 Å². The van der Waals surface area contributed by atoms with Crippen LogP contribution >= 0.6 is 0 Å². The minimum absolute atomic E-state index is 0.